The Morgan fingerprint density at radius 1 is 0.706 bits per heavy atom. The molecule has 7 unspecified atom stereocenters. The monoisotopic (exact) mass is 1540 g/mol. The normalized spacial score (nSPS) is 28.1. The molecule has 2 saturated heterocycles. The van der Waals surface area contributed by atoms with Gasteiger partial charge in [-0.15, -0.1) is 5.92 Å². The van der Waals surface area contributed by atoms with Crippen LogP contribution in [0, 0.1) is 59.7 Å². The smallest absolute Gasteiger partial charge is 1.00 e. The number of rotatable bonds is 28. The minimum Gasteiger partial charge on any atom is -1.00 e. The van der Waals surface area contributed by atoms with Crippen LogP contribution in [-0.4, -0.2) is 212 Å². The van der Waals surface area contributed by atoms with E-state index in [-0.39, 0.29) is 111 Å². The number of aliphatic hydroxyl groups excluding tert-OH is 1. The van der Waals surface area contributed by atoms with E-state index in [0.29, 0.717) is 41.1 Å². The summed E-state index contributed by atoms with van der Waals surface area (Å²) >= 11 is 0. The van der Waals surface area contributed by atoms with Gasteiger partial charge in [-0.25, -0.2) is 9.59 Å². The Hall–Kier alpha value is -2.03. The van der Waals surface area contributed by atoms with Crippen molar-refractivity contribution in [1.29, 1.82) is 0 Å². The molecule has 1 aliphatic carbocycles. The second-order valence-electron chi connectivity index (χ2n) is 33.6. The van der Waals surface area contributed by atoms with Gasteiger partial charge in [0.05, 0.1) is 64.6 Å². The van der Waals surface area contributed by atoms with Gasteiger partial charge in [0.1, 0.15) is 23.4 Å². The number of ether oxygens (including phenoxy) is 10. The molecule has 0 bridgehead atoms. The number of hydrogen-bond acceptors (Lipinski definition) is 19. The number of halogens is 1. The molecular weight excluding hydrogens is 1390 g/mol. The number of hydrogen-bond donors (Lipinski definition) is 3. The van der Waals surface area contributed by atoms with Crippen LogP contribution in [0.5, 0.6) is 0 Å². The van der Waals surface area contributed by atoms with E-state index in [0.717, 1.165) is 32.0 Å². The van der Waals surface area contributed by atoms with Crippen LogP contribution >= 0.6 is 0 Å². The summed E-state index contributed by atoms with van der Waals surface area (Å²) in [7, 11) is 9.70. The maximum atomic E-state index is 12.9. The van der Waals surface area contributed by atoms with E-state index < -0.39 is 91.0 Å². The summed E-state index contributed by atoms with van der Waals surface area (Å²) in [5, 5.41) is 33.0. The summed E-state index contributed by atoms with van der Waals surface area (Å²) < 4.78 is 68.3. The molecule has 3 fully saturated rings. The molecule has 102 heavy (non-hydrogen) atoms. The van der Waals surface area contributed by atoms with E-state index in [1.165, 1.54) is 25.7 Å². The van der Waals surface area contributed by atoms with Gasteiger partial charge in [-0.3, -0.25) is 0 Å². The molecule has 0 aromatic heterocycles. The second-order valence-corrected chi connectivity index (χ2v) is 38.4. The zero-order valence-electron chi connectivity index (χ0n) is 70.2. The first-order valence-corrected chi connectivity index (χ1v) is 40.2. The number of carbonyl (C=O) groups excluding carboxylic acids is 3. The first kappa shape index (κ1) is 100.0. The number of aldehydes is 1. The van der Waals surface area contributed by atoms with Crippen LogP contribution in [0.25, 0.3) is 0 Å². The predicted octanol–water partition coefficient (Wildman–Crippen LogP) is 11.7. The fourth-order valence-corrected chi connectivity index (χ4v) is 15.8. The predicted molar refractivity (Wildman–Crippen MR) is 406 cm³/mol. The summed E-state index contributed by atoms with van der Waals surface area (Å²) in [6, 6.07) is 0.536. The number of aliphatic hydroxyl groups is 3. The first-order chi connectivity index (χ1) is 45.7. The summed E-state index contributed by atoms with van der Waals surface area (Å²) in [5.41, 5.74) is -2.38. The molecule has 22 heteroatoms. The van der Waals surface area contributed by atoms with Crippen molar-refractivity contribution in [3.05, 3.63) is 40.7 Å². The molecule has 4 aliphatic heterocycles. The molecule has 590 valence electrons. The van der Waals surface area contributed by atoms with Crippen molar-refractivity contribution in [2.24, 2.45) is 41.4 Å². The van der Waals surface area contributed by atoms with Gasteiger partial charge in [-0.05, 0) is 165 Å². The molecule has 0 aromatic rings. The third-order valence-corrected chi connectivity index (χ3v) is 26.4. The molecule has 5 aliphatic rings. The Balaban J connectivity index is 0.00000155. The Labute approximate surface area is 647 Å². The van der Waals surface area contributed by atoms with E-state index in [9.17, 15) is 29.7 Å². The van der Waals surface area contributed by atoms with Crippen molar-refractivity contribution in [3.8, 4) is 11.8 Å². The fourth-order valence-electron chi connectivity index (χ4n) is 14.3. The van der Waals surface area contributed by atoms with Gasteiger partial charge in [0.15, 0.2) is 20.9 Å². The number of methoxy groups -OCH3 is 2. The molecule has 5 rings (SSSR count). The second kappa shape index (κ2) is 42.2. The van der Waals surface area contributed by atoms with Crippen LogP contribution in [0.4, 0.5) is 0 Å². The summed E-state index contributed by atoms with van der Waals surface area (Å²) in [5.74, 6) is 2.44. The van der Waals surface area contributed by atoms with Crippen LogP contribution in [0.15, 0.2) is 34.3 Å². The standard InChI is InChI=1S/C35H63NO8.C26H45NO7.C14H28O2Si.C5H9.BrH.Mg/c1-16-22(4)34(11,39)18-20(2)28(37)21(3)19-35(12,40-15)30(25(7)29-26(8)31(38)44-33(9,10)43-29)42-32-24(6)27(36(13)14)17-23(5)41-32;1-15(14-28)13-26(8,30-11)22(18(4)21-19(5)23(29)34-25(6,7)33-21)32-24-17(3)20(27(9)10)12-16(2)31-24;1-9-11-14(6,15)12(10-2)16-17(7,8)13(3,4)5;1-2-4-5-3-1;;/h18,21-25,27-28,30,32,37,39H,16-17,19H2,1-15H3;14-18,20,22,24H,12-13H2,1-11H3;12,15H,10H2,1-8H3;1H,2-5H2;1H;/q;;;-1;;+2/p-1/b20-18+;;;;;/t21-,22-,23?,24?,25+,27?,28?,30-,32+,34+,35-;15-,16?,17?,18+,20?,22-,24+,26-;12-,14+;;;/m111.../s1. The molecule has 1 saturated carbocycles. The molecule has 0 aromatic carbocycles. The molecule has 3 N–H and O–H groups in total. The number of cyclic esters (lactones) is 2. The molecule has 19 nitrogen and oxygen atoms in total. The zero-order chi connectivity index (χ0) is 77.4. The van der Waals surface area contributed by atoms with Gasteiger partial charge in [-0.1, -0.05) is 114 Å². The van der Waals surface area contributed by atoms with E-state index in [1.807, 2.05) is 69.2 Å². The average Bonchev–Trinajstić information content (AvgIpc) is 0.768. The van der Waals surface area contributed by atoms with Gasteiger partial charge in [0, 0.05) is 83.6 Å². The molecule has 0 radical (unpaired) electrons. The van der Waals surface area contributed by atoms with Gasteiger partial charge in [0.25, 0.3) is 0 Å². The fraction of sp³-hybridized carbons (Fsp3) is 0.850. The van der Waals surface area contributed by atoms with Crippen molar-refractivity contribution in [2.75, 3.05) is 42.4 Å². The third-order valence-electron chi connectivity index (χ3n) is 22.0. The van der Waals surface area contributed by atoms with Crippen molar-refractivity contribution >= 4 is 49.6 Å². The van der Waals surface area contributed by atoms with E-state index in [1.54, 1.807) is 82.6 Å². The van der Waals surface area contributed by atoms with Crippen LogP contribution in [-0.2, 0) is 66.2 Å². The maximum absolute atomic E-state index is 12.9. The quantitative estimate of drug-likeness (QED) is 0.0166. The minimum atomic E-state index is -1.86. The Morgan fingerprint density at radius 3 is 1.41 bits per heavy atom. The minimum absolute atomic E-state index is 0. The van der Waals surface area contributed by atoms with Crippen LogP contribution in [0.3, 0.4) is 0 Å². The van der Waals surface area contributed by atoms with E-state index >= 15 is 0 Å². The van der Waals surface area contributed by atoms with E-state index in [2.05, 4.69) is 118 Å². The molecule has 4 heterocycles. The maximum Gasteiger partial charge on any atom is 2.00 e. The third kappa shape index (κ3) is 28.4. The molecular formula is C80H145BrMgN2O17Si. The van der Waals surface area contributed by atoms with Gasteiger partial charge in [0.2, 0.25) is 11.6 Å². The molecule has 0 amide bonds. The first-order valence-electron chi connectivity index (χ1n) is 37.3. The Kier molecular flexibility index (Phi) is 41.4. The SMILES string of the molecule is CC#C[C@](C)(O)[C@@H](CC)O[Si](C)(C)C(C)(C)C.CC[C@@H](C)[C@@](C)(O)/C=C(\C)C(O)[C@H](C)C[C@@](C)(OC)[C@H](O[C@@H]1OC(C)CC(N(C)C)C1C)[C@@H](C)C1=C(C)C(=O)OC(C)(C)O1.CO[C@](C)(C[C@@H](C)C=O)[C@H](O[C@@H]1OC(C)CC(N(C)C)C1C)[C@@H](C)C1=C(C)C(=O)OC(C)(C)O1.[Br-].[CH-]1CCCC1.[Mg+2]. The number of carbonyl (C=O) groups is 3. The summed E-state index contributed by atoms with van der Waals surface area (Å²) in [6.45, 7) is 54.5. The van der Waals surface area contributed by atoms with Gasteiger partial charge >= 0.3 is 35.0 Å². The summed E-state index contributed by atoms with van der Waals surface area (Å²) in [6.07, 6.45) is 11.7. The van der Waals surface area contributed by atoms with Crippen molar-refractivity contribution in [1.82, 2.24) is 9.80 Å². The summed E-state index contributed by atoms with van der Waals surface area (Å²) in [4.78, 5) is 41.4. The molecule has 0 spiro atoms. The Bertz CT molecular complexity index is 2730. The Morgan fingerprint density at radius 2 is 1.10 bits per heavy atom. The largest absolute Gasteiger partial charge is 2.00 e. The van der Waals surface area contributed by atoms with Crippen LogP contribution < -0.4 is 17.0 Å². The average molecular weight is 1540 g/mol. The van der Waals surface area contributed by atoms with E-state index in [4.69, 9.17) is 51.8 Å². The van der Waals surface area contributed by atoms with Crippen molar-refractivity contribution in [2.45, 2.75) is 358 Å². The van der Waals surface area contributed by atoms with Crippen molar-refractivity contribution in [3.63, 3.8) is 0 Å². The van der Waals surface area contributed by atoms with Gasteiger partial charge < -0.3 is 105 Å². The van der Waals surface area contributed by atoms with Gasteiger partial charge in [-0.2, -0.15) is 12.8 Å². The number of esters is 2. The van der Waals surface area contributed by atoms with Crippen LogP contribution in [0.1, 0.15) is 244 Å². The topological polar surface area (TPSA) is 220 Å². The van der Waals surface area contributed by atoms with Crippen LogP contribution in [0.2, 0.25) is 18.1 Å². The zero-order valence-corrected chi connectivity index (χ0v) is 74.2. The van der Waals surface area contributed by atoms with Crippen molar-refractivity contribution < 1.29 is 98.5 Å². The molecule has 21 atom stereocenters. The number of nitrogens with zero attached hydrogens (tertiary/aromatic N) is 2.